The number of anilines is 1. The van der Waals surface area contributed by atoms with Crippen molar-refractivity contribution in [2.45, 2.75) is 25.2 Å². The second-order valence-corrected chi connectivity index (χ2v) is 3.24. The summed E-state index contributed by atoms with van der Waals surface area (Å²) in [5, 5.41) is 0. The van der Waals surface area contributed by atoms with Gasteiger partial charge in [0.1, 0.15) is 0 Å². The molecule has 0 unspecified atom stereocenters. The second kappa shape index (κ2) is 6.06. The Kier molecular flexibility index (Phi) is 5.84. The van der Waals surface area contributed by atoms with Crippen molar-refractivity contribution in [3.05, 3.63) is 24.0 Å². The number of hydrazine groups is 1. The first-order valence-electron chi connectivity index (χ1n) is 4.33. The summed E-state index contributed by atoms with van der Waals surface area (Å²) in [4.78, 5) is 4.31. The molecule has 5 heteroatoms. The average molecular weight is 236 g/mol. The summed E-state index contributed by atoms with van der Waals surface area (Å²) in [7, 11) is 0. The zero-order chi connectivity index (χ0) is 8.39. The van der Waals surface area contributed by atoms with Gasteiger partial charge in [-0.15, -0.1) is 24.8 Å². The molecule has 0 bridgehead atoms. The highest BCUT2D eigenvalue weighted by atomic mass is 35.5. The van der Waals surface area contributed by atoms with Crippen LogP contribution < -0.4 is 11.3 Å². The van der Waals surface area contributed by atoms with Gasteiger partial charge in [0.05, 0.1) is 5.69 Å². The van der Waals surface area contributed by atoms with Crippen LogP contribution in [0.3, 0.4) is 0 Å². The van der Waals surface area contributed by atoms with E-state index in [0.29, 0.717) is 5.92 Å². The predicted molar refractivity (Wildman–Crippen MR) is 63.1 cm³/mol. The molecule has 1 aliphatic carbocycles. The summed E-state index contributed by atoms with van der Waals surface area (Å²) in [5.74, 6) is 5.98. The Morgan fingerprint density at radius 2 is 2.07 bits per heavy atom. The molecular formula is C9H15Cl2N3. The first kappa shape index (κ1) is 13.5. The van der Waals surface area contributed by atoms with Gasteiger partial charge in [-0.2, -0.15) is 0 Å². The summed E-state index contributed by atoms with van der Waals surface area (Å²) in [6, 6.07) is 3.91. The van der Waals surface area contributed by atoms with E-state index in [0.717, 1.165) is 5.69 Å². The molecular weight excluding hydrogens is 221 g/mol. The van der Waals surface area contributed by atoms with Gasteiger partial charge < -0.3 is 5.43 Å². The number of halogens is 2. The highest BCUT2D eigenvalue weighted by Crippen LogP contribution is 2.35. The van der Waals surface area contributed by atoms with Crippen molar-refractivity contribution < 1.29 is 0 Å². The lowest BCUT2D eigenvalue weighted by molar-refractivity contribution is 0.411. The fourth-order valence-corrected chi connectivity index (χ4v) is 1.47. The molecule has 1 saturated carbocycles. The number of rotatable bonds is 2. The minimum absolute atomic E-state index is 0. The van der Waals surface area contributed by atoms with Crippen LogP contribution in [0.5, 0.6) is 0 Å². The zero-order valence-electron chi connectivity index (χ0n) is 7.77. The van der Waals surface area contributed by atoms with E-state index in [2.05, 4.69) is 10.4 Å². The number of nitrogens with zero attached hydrogens (tertiary/aromatic N) is 1. The van der Waals surface area contributed by atoms with E-state index in [1.807, 2.05) is 18.3 Å². The number of nitrogens with two attached hydrogens (primary N) is 1. The molecule has 0 aromatic carbocycles. The monoisotopic (exact) mass is 235 g/mol. The van der Waals surface area contributed by atoms with Crippen LogP contribution in [0.25, 0.3) is 0 Å². The van der Waals surface area contributed by atoms with Crippen LogP contribution >= 0.6 is 24.8 Å². The number of nitrogens with one attached hydrogen (secondary N) is 1. The lowest BCUT2D eigenvalue weighted by Gasteiger charge is -2.24. The number of pyridine rings is 1. The third-order valence-corrected chi connectivity index (χ3v) is 2.47. The van der Waals surface area contributed by atoms with Crippen LogP contribution in [0.4, 0.5) is 5.69 Å². The summed E-state index contributed by atoms with van der Waals surface area (Å²) in [5.41, 5.74) is 4.76. The normalized spacial score (nSPS) is 14.6. The fraction of sp³-hybridized carbons (Fsp3) is 0.444. The molecule has 0 saturated heterocycles. The van der Waals surface area contributed by atoms with Gasteiger partial charge >= 0.3 is 0 Å². The average Bonchev–Trinajstić information content (AvgIpc) is 2.02. The first-order chi connectivity index (χ1) is 5.90. The maximum atomic E-state index is 5.30. The van der Waals surface area contributed by atoms with Gasteiger partial charge in [0, 0.05) is 17.8 Å². The molecule has 0 aliphatic heterocycles. The summed E-state index contributed by atoms with van der Waals surface area (Å²) >= 11 is 0. The zero-order valence-corrected chi connectivity index (χ0v) is 9.40. The SMILES string of the molecule is Cl.Cl.NNc1ccnc(C2CCC2)c1. The quantitative estimate of drug-likeness (QED) is 0.612. The van der Waals surface area contributed by atoms with Crippen molar-refractivity contribution in [3.63, 3.8) is 0 Å². The topological polar surface area (TPSA) is 50.9 Å². The standard InChI is InChI=1S/C9H13N3.2ClH/c10-12-8-4-5-11-9(6-8)7-2-1-3-7;;/h4-7H,1-3,10H2,(H,11,12);2*1H. The van der Waals surface area contributed by atoms with Crippen LogP contribution in [0.15, 0.2) is 18.3 Å². The number of nitrogen functional groups attached to an aromatic ring is 1. The van der Waals surface area contributed by atoms with Crippen molar-refractivity contribution >= 4 is 30.5 Å². The molecule has 0 radical (unpaired) electrons. The lowest BCUT2D eigenvalue weighted by Crippen LogP contribution is -2.12. The Hall–Kier alpha value is -0.510. The van der Waals surface area contributed by atoms with E-state index < -0.39 is 0 Å². The van der Waals surface area contributed by atoms with Crippen LogP contribution in [0.1, 0.15) is 30.9 Å². The third-order valence-electron chi connectivity index (χ3n) is 2.47. The van der Waals surface area contributed by atoms with Gasteiger partial charge in [0.25, 0.3) is 0 Å². The Balaban J connectivity index is 0.000000845. The molecule has 1 aliphatic rings. The van der Waals surface area contributed by atoms with Crippen molar-refractivity contribution in [2.75, 3.05) is 5.43 Å². The predicted octanol–water partition coefficient (Wildman–Crippen LogP) is 2.48. The number of hydrogen-bond donors (Lipinski definition) is 2. The molecule has 2 rings (SSSR count). The molecule has 1 aromatic heterocycles. The minimum Gasteiger partial charge on any atom is -0.324 e. The minimum atomic E-state index is 0. The largest absolute Gasteiger partial charge is 0.324 e. The molecule has 1 fully saturated rings. The second-order valence-electron chi connectivity index (χ2n) is 3.24. The smallest absolute Gasteiger partial charge is 0.0518 e. The lowest BCUT2D eigenvalue weighted by atomic mass is 9.82. The van der Waals surface area contributed by atoms with Crippen molar-refractivity contribution in [1.82, 2.24) is 4.98 Å². The van der Waals surface area contributed by atoms with E-state index in [4.69, 9.17) is 5.84 Å². The number of hydrogen-bond acceptors (Lipinski definition) is 3. The van der Waals surface area contributed by atoms with Crippen LogP contribution in [-0.4, -0.2) is 4.98 Å². The molecule has 3 nitrogen and oxygen atoms in total. The van der Waals surface area contributed by atoms with Gasteiger partial charge in [-0.25, -0.2) is 0 Å². The fourth-order valence-electron chi connectivity index (χ4n) is 1.47. The molecule has 14 heavy (non-hydrogen) atoms. The van der Waals surface area contributed by atoms with Crippen molar-refractivity contribution in [1.29, 1.82) is 0 Å². The highest BCUT2D eigenvalue weighted by Gasteiger charge is 2.20. The van der Waals surface area contributed by atoms with Crippen LogP contribution in [0.2, 0.25) is 0 Å². The van der Waals surface area contributed by atoms with Crippen LogP contribution in [-0.2, 0) is 0 Å². The molecule has 3 N–H and O–H groups in total. The molecule has 1 heterocycles. The maximum absolute atomic E-state index is 5.30. The van der Waals surface area contributed by atoms with Crippen molar-refractivity contribution in [2.24, 2.45) is 5.84 Å². The maximum Gasteiger partial charge on any atom is 0.0518 e. The van der Waals surface area contributed by atoms with E-state index in [1.165, 1.54) is 25.0 Å². The Morgan fingerprint density at radius 1 is 1.36 bits per heavy atom. The molecule has 0 amide bonds. The van der Waals surface area contributed by atoms with Crippen molar-refractivity contribution in [3.8, 4) is 0 Å². The van der Waals surface area contributed by atoms with E-state index >= 15 is 0 Å². The first-order valence-corrected chi connectivity index (χ1v) is 4.33. The van der Waals surface area contributed by atoms with E-state index in [1.54, 1.807) is 0 Å². The molecule has 80 valence electrons. The molecule has 0 atom stereocenters. The highest BCUT2D eigenvalue weighted by molar-refractivity contribution is 5.85. The molecule has 1 aromatic rings. The number of aromatic nitrogens is 1. The van der Waals surface area contributed by atoms with Gasteiger partial charge in [0.15, 0.2) is 0 Å². The Labute approximate surface area is 96.3 Å². The summed E-state index contributed by atoms with van der Waals surface area (Å²) in [6.45, 7) is 0. The molecule has 0 spiro atoms. The van der Waals surface area contributed by atoms with Gasteiger partial charge in [0.2, 0.25) is 0 Å². The Bertz CT molecular complexity index is 277. The van der Waals surface area contributed by atoms with E-state index in [9.17, 15) is 0 Å². The van der Waals surface area contributed by atoms with Gasteiger partial charge in [-0.05, 0) is 25.0 Å². The Morgan fingerprint density at radius 3 is 2.57 bits per heavy atom. The third kappa shape index (κ3) is 2.74. The summed E-state index contributed by atoms with van der Waals surface area (Å²) in [6.07, 6.45) is 5.71. The van der Waals surface area contributed by atoms with Gasteiger partial charge in [-0.3, -0.25) is 10.8 Å². The van der Waals surface area contributed by atoms with Gasteiger partial charge in [-0.1, -0.05) is 6.42 Å². The summed E-state index contributed by atoms with van der Waals surface area (Å²) < 4.78 is 0. The van der Waals surface area contributed by atoms with E-state index in [-0.39, 0.29) is 24.8 Å². The van der Waals surface area contributed by atoms with Crippen LogP contribution in [0, 0.1) is 0 Å².